The largest absolute Gasteiger partial charge is 0.312 e. The summed E-state index contributed by atoms with van der Waals surface area (Å²) in [5, 5.41) is 0.585. The highest BCUT2D eigenvalue weighted by Gasteiger charge is 2.23. The van der Waals surface area contributed by atoms with Gasteiger partial charge in [-0.1, -0.05) is 42.1 Å². The first-order valence-corrected chi connectivity index (χ1v) is 9.61. The van der Waals surface area contributed by atoms with Gasteiger partial charge in [0.25, 0.3) is 0 Å². The molecule has 2 aromatic carbocycles. The Bertz CT molecular complexity index is 876. The van der Waals surface area contributed by atoms with Crippen LogP contribution in [0.3, 0.4) is 0 Å². The molecule has 0 saturated carbocycles. The van der Waals surface area contributed by atoms with Crippen molar-refractivity contribution >= 4 is 23.4 Å². The molecule has 3 aromatic rings. The number of para-hydroxylation sites is 1. The third-order valence-corrected chi connectivity index (χ3v) is 5.23. The number of imidazole rings is 1. The SMILES string of the molecule is CCN(C(=O)C(C)Sc1nccn1-c1cccc(C)c1)c1ccccc1. The number of nitrogens with zero attached hydrogens (tertiary/aromatic N) is 3. The summed E-state index contributed by atoms with van der Waals surface area (Å²) in [6, 6.07) is 18.0. The minimum absolute atomic E-state index is 0.0856. The molecule has 1 heterocycles. The van der Waals surface area contributed by atoms with Gasteiger partial charge >= 0.3 is 0 Å². The molecule has 1 amide bonds. The van der Waals surface area contributed by atoms with Crippen molar-refractivity contribution in [3.8, 4) is 5.69 Å². The molecule has 0 aliphatic carbocycles. The number of benzene rings is 2. The van der Waals surface area contributed by atoms with Crippen LogP contribution < -0.4 is 4.90 Å². The second-order valence-corrected chi connectivity index (χ2v) is 7.40. The fraction of sp³-hybridized carbons (Fsp3) is 0.238. The molecule has 0 spiro atoms. The van der Waals surface area contributed by atoms with Crippen LogP contribution in [0.5, 0.6) is 0 Å². The zero-order valence-corrected chi connectivity index (χ0v) is 16.1. The Morgan fingerprint density at radius 2 is 1.96 bits per heavy atom. The molecule has 0 aliphatic heterocycles. The number of aryl methyl sites for hydroxylation is 1. The first-order chi connectivity index (χ1) is 12.6. The number of aromatic nitrogens is 2. The molecule has 26 heavy (non-hydrogen) atoms. The summed E-state index contributed by atoms with van der Waals surface area (Å²) in [4.78, 5) is 19.2. The second-order valence-electron chi connectivity index (χ2n) is 6.10. The van der Waals surface area contributed by atoms with Crippen LogP contribution in [0, 0.1) is 6.92 Å². The molecule has 5 heteroatoms. The predicted octanol–water partition coefficient (Wildman–Crippen LogP) is 4.71. The molecule has 0 saturated heterocycles. The van der Waals surface area contributed by atoms with E-state index in [0.29, 0.717) is 6.54 Å². The Balaban J connectivity index is 1.79. The number of amides is 1. The van der Waals surface area contributed by atoms with Gasteiger partial charge in [0.2, 0.25) is 5.91 Å². The molecule has 0 N–H and O–H groups in total. The van der Waals surface area contributed by atoms with Crippen molar-refractivity contribution in [2.45, 2.75) is 31.2 Å². The van der Waals surface area contributed by atoms with E-state index >= 15 is 0 Å². The Kier molecular flexibility index (Phi) is 5.78. The van der Waals surface area contributed by atoms with Crippen LogP contribution in [-0.2, 0) is 4.79 Å². The third-order valence-electron chi connectivity index (χ3n) is 4.17. The van der Waals surface area contributed by atoms with Gasteiger partial charge in [-0.3, -0.25) is 9.36 Å². The number of hydrogen-bond donors (Lipinski definition) is 0. The fourth-order valence-corrected chi connectivity index (χ4v) is 3.80. The van der Waals surface area contributed by atoms with E-state index in [1.807, 2.05) is 72.0 Å². The Morgan fingerprint density at radius 1 is 1.19 bits per heavy atom. The molecule has 0 radical (unpaired) electrons. The van der Waals surface area contributed by atoms with Crippen molar-refractivity contribution in [2.24, 2.45) is 0 Å². The van der Waals surface area contributed by atoms with E-state index in [0.717, 1.165) is 16.5 Å². The zero-order chi connectivity index (χ0) is 18.5. The van der Waals surface area contributed by atoms with E-state index in [1.165, 1.54) is 17.3 Å². The molecule has 4 nitrogen and oxygen atoms in total. The van der Waals surface area contributed by atoms with Crippen molar-refractivity contribution in [3.63, 3.8) is 0 Å². The van der Waals surface area contributed by atoms with Gasteiger partial charge in [-0.2, -0.15) is 0 Å². The highest BCUT2D eigenvalue weighted by Crippen LogP contribution is 2.27. The first-order valence-electron chi connectivity index (χ1n) is 8.73. The minimum atomic E-state index is -0.235. The zero-order valence-electron chi connectivity index (χ0n) is 15.3. The summed E-state index contributed by atoms with van der Waals surface area (Å²) in [6.07, 6.45) is 3.71. The normalized spacial score (nSPS) is 12.0. The number of carbonyl (C=O) groups excluding carboxylic acids is 1. The topological polar surface area (TPSA) is 38.1 Å². The van der Waals surface area contributed by atoms with Crippen molar-refractivity contribution in [2.75, 3.05) is 11.4 Å². The van der Waals surface area contributed by atoms with Crippen LogP contribution in [0.2, 0.25) is 0 Å². The maximum absolute atomic E-state index is 13.0. The van der Waals surface area contributed by atoms with Crippen LogP contribution in [0.1, 0.15) is 19.4 Å². The van der Waals surface area contributed by atoms with Gasteiger partial charge in [-0.15, -0.1) is 0 Å². The molecule has 1 unspecified atom stereocenters. The first kappa shape index (κ1) is 18.3. The van der Waals surface area contributed by atoms with Crippen LogP contribution >= 0.6 is 11.8 Å². The quantitative estimate of drug-likeness (QED) is 0.594. The minimum Gasteiger partial charge on any atom is -0.312 e. The molecule has 1 atom stereocenters. The molecule has 134 valence electrons. The summed E-state index contributed by atoms with van der Waals surface area (Å²) in [5.41, 5.74) is 3.17. The van der Waals surface area contributed by atoms with Gasteiger partial charge < -0.3 is 4.90 Å². The lowest BCUT2D eigenvalue weighted by molar-refractivity contribution is -0.117. The van der Waals surface area contributed by atoms with Gasteiger partial charge in [-0.25, -0.2) is 4.98 Å². The van der Waals surface area contributed by atoms with Crippen molar-refractivity contribution < 1.29 is 4.79 Å². The van der Waals surface area contributed by atoms with Gasteiger partial charge in [-0.05, 0) is 50.6 Å². The maximum Gasteiger partial charge on any atom is 0.240 e. The summed E-state index contributed by atoms with van der Waals surface area (Å²) >= 11 is 1.48. The van der Waals surface area contributed by atoms with E-state index in [-0.39, 0.29) is 11.2 Å². The van der Waals surface area contributed by atoms with Crippen molar-refractivity contribution in [3.05, 3.63) is 72.6 Å². The lowest BCUT2D eigenvalue weighted by Gasteiger charge is -2.24. The fourth-order valence-electron chi connectivity index (χ4n) is 2.85. The highest BCUT2D eigenvalue weighted by atomic mass is 32.2. The highest BCUT2D eigenvalue weighted by molar-refractivity contribution is 8.00. The van der Waals surface area contributed by atoms with Crippen LogP contribution in [-0.4, -0.2) is 27.3 Å². The summed E-state index contributed by atoms with van der Waals surface area (Å²) in [7, 11) is 0. The number of thioether (sulfide) groups is 1. The van der Waals surface area contributed by atoms with Crippen LogP contribution in [0.15, 0.2) is 72.1 Å². The lowest BCUT2D eigenvalue weighted by atomic mass is 10.2. The molecule has 0 bridgehead atoms. The van der Waals surface area contributed by atoms with Crippen molar-refractivity contribution in [1.29, 1.82) is 0 Å². The Hall–Kier alpha value is -2.53. The van der Waals surface area contributed by atoms with Gasteiger partial charge in [0.05, 0.1) is 5.25 Å². The van der Waals surface area contributed by atoms with Gasteiger partial charge in [0.1, 0.15) is 0 Å². The molecule has 0 aliphatic rings. The molecule has 0 fully saturated rings. The second kappa shape index (κ2) is 8.23. The Labute approximate surface area is 158 Å². The maximum atomic E-state index is 13.0. The van der Waals surface area contributed by atoms with Crippen LogP contribution in [0.25, 0.3) is 5.69 Å². The monoisotopic (exact) mass is 365 g/mol. The van der Waals surface area contributed by atoms with E-state index in [4.69, 9.17) is 0 Å². The average Bonchev–Trinajstić information content (AvgIpc) is 3.11. The predicted molar refractivity (Wildman–Crippen MR) is 108 cm³/mol. The van der Waals surface area contributed by atoms with Gasteiger partial charge in [0, 0.05) is 30.3 Å². The average molecular weight is 366 g/mol. The number of rotatable bonds is 6. The summed E-state index contributed by atoms with van der Waals surface area (Å²) in [5.74, 6) is 0.0856. The Morgan fingerprint density at radius 3 is 2.65 bits per heavy atom. The number of carbonyl (C=O) groups is 1. The molecular formula is C21H23N3OS. The van der Waals surface area contributed by atoms with Gasteiger partial charge in [0.15, 0.2) is 5.16 Å². The summed E-state index contributed by atoms with van der Waals surface area (Å²) < 4.78 is 2.03. The third kappa shape index (κ3) is 3.99. The van der Waals surface area contributed by atoms with E-state index in [9.17, 15) is 4.79 Å². The van der Waals surface area contributed by atoms with E-state index < -0.39 is 0 Å². The smallest absolute Gasteiger partial charge is 0.240 e. The number of anilines is 1. The van der Waals surface area contributed by atoms with E-state index in [2.05, 4.69) is 24.0 Å². The number of hydrogen-bond acceptors (Lipinski definition) is 3. The van der Waals surface area contributed by atoms with E-state index in [1.54, 1.807) is 6.20 Å². The lowest BCUT2D eigenvalue weighted by Crippen LogP contribution is -2.36. The summed E-state index contributed by atoms with van der Waals surface area (Å²) in [6.45, 7) is 6.64. The molecule has 3 rings (SSSR count). The van der Waals surface area contributed by atoms with Crippen molar-refractivity contribution in [1.82, 2.24) is 9.55 Å². The standard InChI is InChI=1S/C21H23N3OS/c1-4-23(18-10-6-5-7-11-18)20(25)17(3)26-21-22-13-14-24(21)19-12-8-9-16(2)15-19/h5-15,17H,4H2,1-3H3. The van der Waals surface area contributed by atoms with Crippen LogP contribution in [0.4, 0.5) is 5.69 Å². The molecular weight excluding hydrogens is 342 g/mol. The molecule has 1 aromatic heterocycles.